The first-order valence-corrected chi connectivity index (χ1v) is 8.91. The highest BCUT2D eigenvalue weighted by molar-refractivity contribution is 5.93. The Morgan fingerprint density at radius 1 is 1.15 bits per heavy atom. The van der Waals surface area contributed by atoms with Gasteiger partial charge in [0, 0.05) is 17.9 Å². The number of fused-ring (bicyclic) bond motifs is 1. The van der Waals surface area contributed by atoms with E-state index < -0.39 is 0 Å². The molecule has 1 amide bonds. The quantitative estimate of drug-likeness (QED) is 0.724. The number of nitrogens with one attached hydrogen (secondary N) is 1. The van der Waals surface area contributed by atoms with Crippen molar-refractivity contribution in [3.63, 3.8) is 0 Å². The van der Waals surface area contributed by atoms with Gasteiger partial charge < -0.3 is 10.1 Å². The average Bonchev–Trinajstić information content (AvgIpc) is 3.05. The topological polar surface area (TPSA) is 56.1 Å². The lowest BCUT2D eigenvalue weighted by atomic mass is 9.95. The maximum Gasteiger partial charge on any atom is 0.226 e. The fourth-order valence-electron chi connectivity index (χ4n) is 3.32. The highest BCUT2D eigenvalue weighted by Gasteiger charge is 2.29. The van der Waals surface area contributed by atoms with E-state index in [1.165, 1.54) is 12.1 Å². The van der Waals surface area contributed by atoms with Crippen LogP contribution in [-0.2, 0) is 22.7 Å². The van der Waals surface area contributed by atoms with Crippen LogP contribution in [-0.4, -0.2) is 22.3 Å². The van der Waals surface area contributed by atoms with E-state index in [9.17, 15) is 9.18 Å². The number of ether oxygens (including phenoxy) is 1. The normalized spacial score (nSPS) is 16.0. The van der Waals surface area contributed by atoms with E-state index in [0.29, 0.717) is 32.0 Å². The molecule has 4 rings (SSSR count). The number of hydrogen-bond acceptors (Lipinski definition) is 3. The summed E-state index contributed by atoms with van der Waals surface area (Å²) in [5, 5.41) is 7.29. The smallest absolute Gasteiger partial charge is 0.226 e. The van der Waals surface area contributed by atoms with Gasteiger partial charge in [-0.15, -0.1) is 0 Å². The molecule has 27 heavy (non-hydrogen) atoms. The van der Waals surface area contributed by atoms with E-state index in [-0.39, 0.29) is 17.6 Å². The lowest BCUT2D eigenvalue weighted by Gasteiger charge is -2.23. The summed E-state index contributed by atoms with van der Waals surface area (Å²) < 4.78 is 21.0. The molecule has 1 atom stereocenters. The summed E-state index contributed by atoms with van der Waals surface area (Å²) in [6, 6.07) is 16.3. The Hall–Kier alpha value is -2.99. The number of carbonyl (C=O) groups is 1. The molecule has 0 saturated carbocycles. The molecule has 6 heteroatoms. The van der Waals surface area contributed by atoms with Crippen molar-refractivity contribution in [2.75, 3.05) is 11.9 Å². The average molecular weight is 365 g/mol. The van der Waals surface area contributed by atoms with Crippen LogP contribution >= 0.6 is 0 Å². The molecular weight excluding hydrogens is 345 g/mol. The SMILES string of the molecule is O=C1CC(COCc2ccccc2)c2cnn(Cc3cccc(F)c3)c2N1. The summed E-state index contributed by atoms with van der Waals surface area (Å²) in [5.74, 6) is 0.282. The monoisotopic (exact) mass is 365 g/mol. The van der Waals surface area contributed by atoms with E-state index in [1.807, 2.05) is 36.4 Å². The van der Waals surface area contributed by atoms with Crippen LogP contribution in [0.2, 0.25) is 0 Å². The Morgan fingerprint density at radius 3 is 2.78 bits per heavy atom. The molecule has 1 aliphatic rings. The van der Waals surface area contributed by atoms with Gasteiger partial charge in [-0.25, -0.2) is 9.07 Å². The minimum Gasteiger partial charge on any atom is -0.376 e. The van der Waals surface area contributed by atoms with E-state index in [4.69, 9.17) is 4.74 Å². The summed E-state index contributed by atoms with van der Waals surface area (Å²) in [5.41, 5.74) is 2.84. The van der Waals surface area contributed by atoms with Gasteiger partial charge >= 0.3 is 0 Å². The molecule has 0 aliphatic carbocycles. The molecule has 1 aliphatic heterocycles. The van der Waals surface area contributed by atoms with Gasteiger partial charge in [-0.1, -0.05) is 42.5 Å². The number of benzene rings is 2. The third-order valence-electron chi connectivity index (χ3n) is 4.65. The summed E-state index contributed by atoms with van der Waals surface area (Å²) in [6.07, 6.45) is 2.14. The number of aromatic nitrogens is 2. The zero-order chi connectivity index (χ0) is 18.6. The largest absolute Gasteiger partial charge is 0.376 e. The number of hydrogen-bond donors (Lipinski definition) is 1. The van der Waals surface area contributed by atoms with E-state index >= 15 is 0 Å². The van der Waals surface area contributed by atoms with Crippen LogP contribution in [0.15, 0.2) is 60.8 Å². The van der Waals surface area contributed by atoms with Gasteiger partial charge in [0.2, 0.25) is 5.91 Å². The lowest BCUT2D eigenvalue weighted by molar-refractivity contribution is -0.117. The molecule has 2 heterocycles. The van der Waals surface area contributed by atoms with Crippen molar-refractivity contribution in [3.8, 4) is 0 Å². The van der Waals surface area contributed by atoms with Crippen molar-refractivity contribution in [2.45, 2.75) is 25.5 Å². The highest BCUT2D eigenvalue weighted by Crippen LogP contribution is 2.32. The van der Waals surface area contributed by atoms with Gasteiger partial charge in [0.1, 0.15) is 11.6 Å². The first kappa shape index (κ1) is 17.4. The molecule has 1 aromatic heterocycles. The summed E-state index contributed by atoms with van der Waals surface area (Å²) in [7, 11) is 0. The van der Waals surface area contributed by atoms with Gasteiger partial charge in [-0.3, -0.25) is 4.79 Å². The molecular formula is C21H20FN3O2. The third kappa shape index (κ3) is 4.06. The Labute approximate surface area is 156 Å². The molecule has 1 unspecified atom stereocenters. The molecule has 0 saturated heterocycles. The van der Waals surface area contributed by atoms with Crippen molar-refractivity contribution in [1.29, 1.82) is 0 Å². The van der Waals surface area contributed by atoms with Crippen LogP contribution in [0.1, 0.15) is 29.0 Å². The fourth-order valence-corrected chi connectivity index (χ4v) is 3.32. The molecule has 2 aromatic carbocycles. The first-order valence-electron chi connectivity index (χ1n) is 8.91. The molecule has 138 valence electrons. The van der Waals surface area contributed by atoms with Crippen LogP contribution in [0, 0.1) is 5.82 Å². The summed E-state index contributed by atoms with van der Waals surface area (Å²) >= 11 is 0. The Balaban J connectivity index is 1.47. The van der Waals surface area contributed by atoms with Gasteiger partial charge in [-0.05, 0) is 23.3 Å². The van der Waals surface area contributed by atoms with Crippen LogP contribution in [0.5, 0.6) is 0 Å². The number of rotatable bonds is 6. The molecule has 0 bridgehead atoms. The second-order valence-electron chi connectivity index (χ2n) is 6.69. The van der Waals surface area contributed by atoms with E-state index in [1.54, 1.807) is 16.9 Å². The molecule has 1 N–H and O–H groups in total. The Kier molecular flexibility index (Phi) is 4.98. The van der Waals surface area contributed by atoms with Crippen molar-refractivity contribution in [2.24, 2.45) is 0 Å². The second kappa shape index (κ2) is 7.72. The highest BCUT2D eigenvalue weighted by atomic mass is 19.1. The second-order valence-corrected chi connectivity index (χ2v) is 6.69. The van der Waals surface area contributed by atoms with Gasteiger partial charge in [0.25, 0.3) is 0 Å². The lowest BCUT2D eigenvalue weighted by Crippen LogP contribution is -2.26. The fraction of sp³-hybridized carbons (Fsp3) is 0.238. The maximum atomic E-state index is 13.4. The van der Waals surface area contributed by atoms with Crippen molar-refractivity contribution in [1.82, 2.24) is 9.78 Å². The first-order chi connectivity index (χ1) is 13.2. The number of nitrogens with zero attached hydrogens (tertiary/aromatic N) is 2. The van der Waals surface area contributed by atoms with Crippen molar-refractivity contribution in [3.05, 3.63) is 83.3 Å². The molecule has 0 radical (unpaired) electrons. The van der Waals surface area contributed by atoms with Crippen molar-refractivity contribution < 1.29 is 13.9 Å². The van der Waals surface area contributed by atoms with Crippen LogP contribution in [0.25, 0.3) is 0 Å². The summed E-state index contributed by atoms with van der Waals surface area (Å²) in [6.45, 7) is 1.34. The zero-order valence-corrected chi connectivity index (χ0v) is 14.8. The van der Waals surface area contributed by atoms with Gasteiger partial charge in [0.15, 0.2) is 0 Å². The van der Waals surface area contributed by atoms with Crippen molar-refractivity contribution >= 4 is 11.7 Å². The van der Waals surface area contributed by atoms with Crippen LogP contribution in [0.4, 0.5) is 10.2 Å². The summed E-state index contributed by atoms with van der Waals surface area (Å²) in [4.78, 5) is 12.2. The minimum absolute atomic E-state index is 0.0429. The molecule has 0 fully saturated rings. The molecule has 3 aromatic rings. The number of halogens is 1. The number of carbonyl (C=O) groups excluding carboxylic acids is 1. The third-order valence-corrected chi connectivity index (χ3v) is 4.65. The number of anilines is 1. The van der Waals surface area contributed by atoms with Gasteiger partial charge in [0.05, 0.1) is 26.0 Å². The predicted octanol–water partition coefficient (Wildman–Crippen LogP) is 3.71. The maximum absolute atomic E-state index is 13.4. The Morgan fingerprint density at radius 2 is 1.96 bits per heavy atom. The zero-order valence-electron chi connectivity index (χ0n) is 14.8. The van der Waals surface area contributed by atoms with E-state index in [2.05, 4.69) is 10.4 Å². The van der Waals surface area contributed by atoms with Crippen LogP contribution < -0.4 is 5.32 Å². The standard InChI is InChI=1S/C21H20FN3O2/c22-18-8-4-7-16(9-18)12-25-21-19(11-23-25)17(10-20(26)24-21)14-27-13-15-5-2-1-3-6-15/h1-9,11,17H,10,12-14H2,(H,24,26). The minimum atomic E-state index is -0.287. The predicted molar refractivity (Wildman–Crippen MR) is 99.8 cm³/mol. The Bertz CT molecular complexity index is 940. The molecule has 0 spiro atoms. The molecule has 5 nitrogen and oxygen atoms in total. The van der Waals surface area contributed by atoms with E-state index in [0.717, 1.165) is 16.7 Å². The van der Waals surface area contributed by atoms with Gasteiger partial charge in [-0.2, -0.15) is 5.10 Å². The number of amides is 1. The van der Waals surface area contributed by atoms with Crippen LogP contribution in [0.3, 0.4) is 0 Å².